The number of hydrogen-bond acceptors (Lipinski definition) is 2. The van der Waals surface area contributed by atoms with Crippen molar-refractivity contribution in [3.05, 3.63) is 35.8 Å². The van der Waals surface area contributed by atoms with Crippen molar-refractivity contribution in [3.8, 4) is 0 Å². The van der Waals surface area contributed by atoms with Gasteiger partial charge in [0, 0.05) is 50.3 Å². The topological polar surface area (TPSA) is 11.4 Å². The molecular weight excluding hydrogens is 265 g/mol. The first kappa shape index (κ1) is 14.5. The molecule has 114 valence electrons. The van der Waals surface area contributed by atoms with Gasteiger partial charge >= 0.3 is 0 Å². The van der Waals surface area contributed by atoms with E-state index in [-0.39, 0.29) is 5.82 Å². The zero-order valence-electron chi connectivity index (χ0n) is 13.1. The molecule has 1 fully saturated rings. The average molecular weight is 289 g/mol. The van der Waals surface area contributed by atoms with Gasteiger partial charge in [-0.05, 0) is 44.7 Å². The summed E-state index contributed by atoms with van der Waals surface area (Å²) >= 11 is 0. The van der Waals surface area contributed by atoms with Gasteiger partial charge in [0.1, 0.15) is 5.82 Å². The van der Waals surface area contributed by atoms with Crippen LogP contribution in [0.4, 0.5) is 4.39 Å². The first-order valence-electron chi connectivity index (χ1n) is 7.74. The highest BCUT2D eigenvalue weighted by atomic mass is 19.1. The third-order valence-corrected chi connectivity index (χ3v) is 4.43. The van der Waals surface area contributed by atoms with Gasteiger partial charge in [0.25, 0.3) is 0 Å². The van der Waals surface area contributed by atoms with Crippen LogP contribution in [0.15, 0.2) is 24.4 Å². The zero-order chi connectivity index (χ0) is 15.0. The molecule has 1 aromatic carbocycles. The maximum atomic E-state index is 13.6. The zero-order valence-corrected chi connectivity index (χ0v) is 13.1. The Balaban J connectivity index is 1.91. The average Bonchev–Trinajstić information content (AvgIpc) is 2.79. The Morgan fingerprint density at radius 1 is 1.14 bits per heavy atom. The second kappa shape index (κ2) is 5.78. The fourth-order valence-corrected chi connectivity index (χ4v) is 3.10. The summed E-state index contributed by atoms with van der Waals surface area (Å²) in [7, 11) is 2.17. The van der Waals surface area contributed by atoms with Gasteiger partial charge < -0.3 is 9.47 Å². The summed E-state index contributed by atoms with van der Waals surface area (Å²) in [6.45, 7) is 9.69. The fourth-order valence-electron chi connectivity index (χ4n) is 3.10. The minimum absolute atomic E-state index is 0.159. The molecule has 0 bridgehead atoms. The summed E-state index contributed by atoms with van der Waals surface area (Å²) in [6.07, 6.45) is 2.20. The molecule has 0 saturated carbocycles. The third kappa shape index (κ3) is 2.97. The van der Waals surface area contributed by atoms with Gasteiger partial charge in [-0.15, -0.1) is 0 Å². The summed E-state index contributed by atoms with van der Waals surface area (Å²) in [5.41, 5.74) is 2.32. The maximum Gasteiger partial charge on any atom is 0.125 e. The van der Waals surface area contributed by atoms with Crippen LogP contribution in [0, 0.1) is 5.82 Å². The van der Waals surface area contributed by atoms with Gasteiger partial charge in [0.2, 0.25) is 0 Å². The van der Waals surface area contributed by atoms with E-state index in [1.54, 1.807) is 12.1 Å². The van der Waals surface area contributed by atoms with Gasteiger partial charge in [-0.1, -0.05) is 0 Å². The largest absolute Gasteiger partial charge is 0.345 e. The highest BCUT2D eigenvalue weighted by Crippen LogP contribution is 2.26. The predicted molar refractivity (Wildman–Crippen MR) is 85.1 cm³/mol. The fraction of sp³-hybridized carbons (Fsp3) is 0.529. The lowest BCUT2D eigenvalue weighted by Gasteiger charge is -2.32. The Hall–Kier alpha value is -1.39. The van der Waals surface area contributed by atoms with Crippen molar-refractivity contribution in [3.63, 3.8) is 0 Å². The van der Waals surface area contributed by atoms with E-state index in [4.69, 9.17) is 0 Å². The molecule has 4 heteroatoms. The summed E-state index contributed by atoms with van der Waals surface area (Å²) in [6, 6.07) is 5.49. The number of rotatable bonds is 3. The highest BCUT2D eigenvalue weighted by molar-refractivity contribution is 5.84. The third-order valence-electron chi connectivity index (χ3n) is 4.43. The molecule has 1 aliphatic rings. The van der Waals surface area contributed by atoms with Gasteiger partial charge in [0.15, 0.2) is 0 Å². The molecule has 0 atom stereocenters. The normalized spacial score (nSPS) is 18.0. The van der Waals surface area contributed by atoms with E-state index in [1.807, 2.05) is 6.07 Å². The summed E-state index contributed by atoms with van der Waals surface area (Å²) in [4.78, 5) is 4.85. The minimum atomic E-state index is -0.159. The van der Waals surface area contributed by atoms with Crippen LogP contribution in [0.3, 0.4) is 0 Å². The van der Waals surface area contributed by atoms with E-state index in [2.05, 4.69) is 41.5 Å². The van der Waals surface area contributed by atoms with Crippen LogP contribution in [-0.2, 0) is 6.54 Å². The predicted octanol–water partition coefficient (Wildman–Crippen LogP) is 3.11. The van der Waals surface area contributed by atoms with Gasteiger partial charge in [-0.25, -0.2) is 4.39 Å². The van der Waals surface area contributed by atoms with Gasteiger partial charge in [0.05, 0.1) is 5.52 Å². The standard InChI is InChI=1S/C17H24FN3/c1-13(2)21-12-14(11-20-8-6-19(3)7-9-20)16-5-4-15(18)10-17(16)21/h4-5,10,12-13H,6-9,11H2,1-3H3. The molecule has 0 aliphatic carbocycles. The van der Waals surface area contributed by atoms with Crippen LogP contribution < -0.4 is 0 Å². The number of benzene rings is 1. The molecule has 0 spiro atoms. The molecule has 1 saturated heterocycles. The molecule has 2 heterocycles. The van der Waals surface area contributed by atoms with Crippen LogP contribution in [0.2, 0.25) is 0 Å². The second-order valence-electron chi connectivity index (χ2n) is 6.40. The van der Waals surface area contributed by atoms with Crippen LogP contribution in [-0.4, -0.2) is 47.6 Å². The van der Waals surface area contributed by atoms with Crippen LogP contribution in [0.25, 0.3) is 10.9 Å². The quantitative estimate of drug-likeness (QED) is 0.860. The van der Waals surface area contributed by atoms with E-state index >= 15 is 0 Å². The first-order chi connectivity index (χ1) is 10.0. The molecule has 3 nitrogen and oxygen atoms in total. The van der Waals surface area contributed by atoms with Crippen molar-refractivity contribution in [2.75, 3.05) is 33.2 Å². The van der Waals surface area contributed by atoms with E-state index in [1.165, 1.54) is 10.9 Å². The lowest BCUT2D eigenvalue weighted by atomic mass is 10.1. The second-order valence-corrected chi connectivity index (χ2v) is 6.40. The van der Waals surface area contributed by atoms with Gasteiger partial charge in [-0.3, -0.25) is 4.90 Å². The monoisotopic (exact) mass is 289 g/mol. The number of nitrogens with zero attached hydrogens (tertiary/aromatic N) is 3. The molecule has 2 aromatic rings. The first-order valence-corrected chi connectivity index (χ1v) is 7.74. The van der Waals surface area contributed by atoms with E-state index in [0.717, 1.165) is 38.2 Å². The Labute approximate surface area is 125 Å². The van der Waals surface area contributed by atoms with Crippen molar-refractivity contribution < 1.29 is 4.39 Å². The van der Waals surface area contributed by atoms with E-state index < -0.39 is 0 Å². The number of piperazine rings is 1. The molecule has 0 N–H and O–H groups in total. The molecule has 0 radical (unpaired) electrons. The number of hydrogen-bond donors (Lipinski definition) is 0. The molecule has 1 aliphatic heterocycles. The Morgan fingerprint density at radius 3 is 2.52 bits per heavy atom. The molecular formula is C17H24FN3. The Kier molecular flexibility index (Phi) is 4.00. The molecule has 0 amide bonds. The molecule has 21 heavy (non-hydrogen) atoms. The maximum absolute atomic E-state index is 13.6. The Morgan fingerprint density at radius 2 is 1.86 bits per heavy atom. The lowest BCUT2D eigenvalue weighted by Crippen LogP contribution is -2.43. The van der Waals surface area contributed by atoms with Crippen LogP contribution >= 0.6 is 0 Å². The van der Waals surface area contributed by atoms with Crippen LogP contribution in [0.1, 0.15) is 25.5 Å². The van der Waals surface area contributed by atoms with Gasteiger partial charge in [-0.2, -0.15) is 0 Å². The number of halogens is 1. The number of likely N-dealkylation sites (N-methyl/N-ethyl adjacent to an activating group) is 1. The van der Waals surface area contributed by atoms with Crippen LogP contribution in [0.5, 0.6) is 0 Å². The van der Waals surface area contributed by atoms with Crippen molar-refractivity contribution in [1.82, 2.24) is 14.4 Å². The van der Waals surface area contributed by atoms with Crippen molar-refractivity contribution in [2.45, 2.75) is 26.4 Å². The summed E-state index contributed by atoms with van der Waals surface area (Å²) < 4.78 is 15.7. The number of aromatic nitrogens is 1. The SMILES string of the molecule is CC(C)n1cc(CN2CCN(C)CC2)c2ccc(F)cc21. The van der Waals surface area contributed by atoms with Crippen molar-refractivity contribution >= 4 is 10.9 Å². The number of fused-ring (bicyclic) bond motifs is 1. The highest BCUT2D eigenvalue weighted by Gasteiger charge is 2.17. The van der Waals surface area contributed by atoms with E-state index in [9.17, 15) is 4.39 Å². The smallest absolute Gasteiger partial charge is 0.125 e. The minimum Gasteiger partial charge on any atom is -0.345 e. The van der Waals surface area contributed by atoms with Crippen molar-refractivity contribution in [1.29, 1.82) is 0 Å². The summed E-state index contributed by atoms with van der Waals surface area (Å²) in [5, 5.41) is 1.18. The lowest BCUT2D eigenvalue weighted by molar-refractivity contribution is 0.148. The summed E-state index contributed by atoms with van der Waals surface area (Å²) in [5.74, 6) is -0.159. The van der Waals surface area contributed by atoms with Crippen molar-refractivity contribution in [2.24, 2.45) is 0 Å². The molecule has 0 unspecified atom stereocenters. The molecule has 1 aromatic heterocycles. The molecule has 3 rings (SSSR count). The Bertz CT molecular complexity index is 624. The van der Waals surface area contributed by atoms with E-state index in [0.29, 0.717) is 6.04 Å².